The third kappa shape index (κ3) is 3.91. The van der Waals surface area contributed by atoms with Crippen LogP contribution in [0.5, 0.6) is 0 Å². The fourth-order valence-electron chi connectivity index (χ4n) is 2.33. The van der Waals surface area contributed by atoms with Crippen molar-refractivity contribution in [1.82, 2.24) is 10.6 Å². The second kappa shape index (κ2) is 6.87. The summed E-state index contributed by atoms with van der Waals surface area (Å²) in [5.41, 5.74) is 0.198. The number of amides is 1. The minimum Gasteiger partial charge on any atom is -0.352 e. The molecule has 5 heteroatoms. The van der Waals surface area contributed by atoms with Crippen molar-refractivity contribution in [3.63, 3.8) is 0 Å². The summed E-state index contributed by atoms with van der Waals surface area (Å²) in [4.78, 5) is 11.9. The molecule has 1 aromatic carbocycles. The number of hydrogen-bond acceptors (Lipinski definition) is 2. The highest BCUT2D eigenvalue weighted by Crippen LogP contribution is 2.19. The van der Waals surface area contributed by atoms with Gasteiger partial charge in [0, 0.05) is 6.54 Å². The van der Waals surface area contributed by atoms with Gasteiger partial charge in [-0.2, -0.15) is 0 Å². The number of carbonyl (C=O) groups is 1. The van der Waals surface area contributed by atoms with Crippen LogP contribution in [-0.4, -0.2) is 25.5 Å². The fourth-order valence-corrected chi connectivity index (χ4v) is 2.55. The first-order valence-electron chi connectivity index (χ1n) is 6.61. The monoisotopic (exact) mass is 284 g/mol. The average molecular weight is 285 g/mol. The predicted octanol–water partition coefficient (Wildman–Crippen LogP) is 2.60. The molecule has 1 saturated heterocycles. The van der Waals surface area contributed by atoms with Gasteiger partial charge in [0.25, 0.3) is 5.91 Å². The van der Waals surface area contributed by atoms with Gasteiger partial charge in [0.1, 0.15) is 5.82 Å². The first-order valence-corrected chi connectivity index (χ1v) is 6.99. The average Bonchev–Trinajstić information content (AvgIpc) is 2.43. The second-order valence-electron chi connectivity index (χ2n) is 4.86. The topological polar surface area (TPSA) is 41.1 Å². The number of hydrogen-bond donors (Lipinski definition) is 2. The molecule has 0 radical (unpaired) electrons. The zero-order valence-electron chi connectivity index (χ0n) is 10.7. The Balaban J connectivity index is 1.82. The number of halogens is 2. The standard InChI is InChI=1S/C14H18ClFN2O/c15-13-11(4-1-5-12(13)16)14(19)18-8-6-10-3-2-7-17-9-10/h1,4-5,10,17H,2-3,6-9H2,(H,18,19). The van der Waals surface area contributed by atoms with Crippen LogP contribution in [0.25, 0.3) is 0 Å². The summed E-state index contributed by atoms with van der Waals surface area (Å²) in [5.74, 6) is -0.268. The van der Waals surface area contributed by atoms with Crippen LogP contribution in [0.3, 0.4) is 0 Å². The lowest BCUT2D eigenvalue weighted by Gasteiger charge is -2.22. The highest BCUT2D eigenvalue weighted by molar-refractivity contribution is 6.34. The molecule has 1 aliphatic rings. The quantitative estimate of drug-likeness (QED) is 0.892. The highest BCUT2D eigenvalue weighted by atomic mass is 35.5. The molecule has 1 unspecified atom stereocenters. The molecule has 0 aromatic heterocycles. The van der Waals surface area contributed by atoms with Gasteiger partial charge in [-0.1, -0.05) is 17.7 Å². The van der Waals surface area contributed by atoms with E-state index in [1.54, 1.807) is 0 Å². The Bertz CT molecular complexity index is 447. The molecule has 1 aliphatic heterocycles. The Morgan fingerprint density at radius 1 is 1.53 bits per heavy atom. The summed E-state index contributed by atoms with van der Waals surface area (Å²) in [6.45, 7) is 2.69. The van der Waals surface area contributed by atoms with E-state index in [4.69, 9.17) is 11.6 Å². The SMILES string of the molecule is O=C(NCCC1CCCNC1)c1cccc(F)c1Cl. The van der Waals surface area contributed by atoms with Crippen LogP contribution in [0, 0.1) is 11.7 Å². The second-order valence-corrected chi connectivity index (χ2v) is 5.24. The van der Waals surface area contributed by atoms with Crippen LogP contribution in [0.15, 0.2) is 18.2 Å². The molecule has 1 heterocycles. The van der Waals surface area contributed by atoms with Gasteiger partial charge in [0.05, 0.1) is 10.6 Å². The smallest absolute Gasteiger partial charge is 0.252 e. The first kappa shape index (κ1) is 14.3. The number of rotatable bonds is 4. The van der Waals surface area contributed by atoms with Gasteiger partial charge in [-0.05, 0) is 50.4 Å². The molecule has 0 bridgehead atoms. The van der Waals surface area contributed by atoms with Crippen LogP contribution in [0.2, 0.25) is 5.02 Å². The van der Waals surface area contributed by atoms with E-state index in [-0.39, 0.29) is 16.5 Å². The molecule has 2 N–H and O–H groups in total. The maximum absolute atomic E-state index is 13.2. The number of nitrogens with one attached hydrogen (secondary N) is 2. The maximum atomic E-state index is 13.2. The van der Waals surface area contributed by atoms with E-state index >= 15 is 0 Å². The van der Waals surface area contributed by atoms with Gasteiger partial charge in [-0.3, -0.25) is 4.79 Å². The van der Waals surface area contributed by atoms with Crippen molar-refractivity contribution in [3.8, 4) is 0 Å². The van der Waals surface area contributed by atoms with Gasteiger partial charge in [-0.25, -0.2) is 4.39 Å². The number of benzene rings is 1. The lowest BCUT2D eigenvalue weighted by molar-refractivity contribution is 0.0950. The van der Waals surface area contributed by atoms with Gasteiger partial charge >= 0.3 is 0 Å². The lowest BCUT2D eigenvalue weighted by Crippen LogP contribution is -2.33. The summed E-state index contributed by atoms with van der Waals surface area (Å²) in [7, 11) is 0. The van der Waals surface area contributed by atoms with Gasteiger partial charge in [-0.15, -0.1) is 0 Å². The Morgan fingerprint density at radius 2 is 2.37 bits per heavy atom. The predicted molar refractivity (Wildman–Crippen MR) is 74.0 cm³/mol. The van der Waals surface area contributed by atoms with E-state index in [2.05, 4.69) is 10.6 Å². The van der Waals surface area contributed by atoms with E-state index < -0.39 is 5.82 Å². The van der Waals surface area contributed by atoms with Gasteiger partial charge in [0.2, 0.25) is 0 Å². The molecule has 0 spiro atoms. The lowest BCUT2D eigenvalue weighted by atomic mass is 9.96. The molecule has 1 fully saturated rings. The number of piperidine rings is 1. The molecular weight excluding hydrogens is 267 g/mol. The molecule has 0 saturated carbocycles. The van der Waals surface area contributed by atoms with E-state index in [1.165, 1.54) is 31.0 Å². The minimum atomic E-state index is -0.564. The van der Waals surface area contributed by atoms with Gasteiger partial charge < -0.3 is 10.6 Å². The Kier molecular flexibility index (Phi) is 5.16. The molecule has 104 valence electrons. The maximum Gasteiger partial charge on any atom is 0.252 e. The summed E-state index contributed by atoms with van der Waals surface area (Å²) in [6.07, 6.45) is 3.32. The fraction of sp³-hybridized carbons (Fsp3) is 0.500. The van der Waals surface area contributed by atoms with Crippen molar-refractivity contribution >= 4 is 17.5 Å². The zero-order valence-corrected chi connectivity index (χ0v) is 11.5. The van der Waals surface area contributed by atoms with Crippen molar-refractivity contribution in [2.45, 2.75) is 19.3 Å². The van der Waals surface area contributed by atoms with Crippen molar-refractivity contribution in [3.05, 3.63) is 34.6 Å². The Hall–Kier alpha value is -1.13. The third-order valence-corrected chi connectivity index (χ3v) is 3.82. The first-order chi connectivity index (χ1) is 9.18. The normalized spacial score (nSPS) is 19.2. The van der Waals surface area contributed by atoms with E-state index in [1.807, 2.05) is 0 Å². The van der Waals surface area contributed by atoms with Crippen LogP contribution >= 0.6 is 11.6 Å². The summed E-state index contributed by atoms with van der Waals surface area (Å²) < 4.78 is 13.2. The highest BCUT2D eigenvalue weighted by Gasteiger charge is 2.15. The molecule has 1 aromatic rings. The van der Waals surface area contributed by atoms with Gasteiger partial charge in [0.15, 0.2) is 0 Å². The van der Waals surface area contributed by atoms with E-state index in [0.29, 0.717) is 12.5 Å². The Labute approximate surface area is 117 Å². The van der Waals surface area contributed by atoms with Crippen molar-refractivity contribution < 1.29 is 9.18 Å². The largest absolute Gasteiger partial charge is 0.352 e. The molecule has 1 atom stereocenters. The van der Waals surface area contributed by atoms with Crippen LogP contribution in [0.4, 0.5) is 4.39 Å². The Morgan fingerprint density at radius 3 is 3.11 bits per heavy atom. The van der Waals surface area contributed by atoms with Crippen molar-refractivity contribution in [2.75, 3.05) is 19.6 Å². The molecule has 19 heavy (non-hydrogen) atoms. The molecular formula is C14H18ClFN2O. The van der Waals surface area contributed by atoms with E-state index in [9.17, 15) is 9.18 Å². The summed E-state index contributed by atoms with van der Waals surface area (Å²) in [5, 5.41) is 6.02. The van der Waals surface area contributed by atoms with Crippen LogP contribution < -0.4 is 10.6 Å². The minimum absolute atomic E-state index is 0.112. The van der Waals surface area contributed by atoms with Crippen molar-refractivity contribution in [1.29, 1.82) is 0 Å². The van der Waals surface area contributed by atoms with E-state index in [0.717, 1.165) is 19.5 Å². The molecule has 0 aliphatic carbocycles. The molecule has 2 rings (SSSR count). The zero-order chi connectivity index (χ0) is 13.7. The third-order valence-electron chi connectivity index (χ3n) is 3.43. The summed E-state index contributed by atoms with van der Waals surface area (Å²) in [6, 6.07) is 4.26. The van der Waals surface area contributed by atoms with Crippen LogP contribution in [0.1, 0.15) is 29.6 Å². The number of carbonyl (C=O) groups excluding carboxylic acids is 1. The molecule has 1 amide bonds. The molecule has 3 nitrogen and oxygen atoms in total. The van der Waals surface area contributed by atoms with Crippen molar-refractivity contribution in [2.24, 2.45) is 5.92 Å². The van der Waals surface area contributed by atoms with Crippen LogP contribution in [-0.2, 0) is 0 Å². The summed E-state index contributed by atoms with van der Waals surface area (Å²) >= 11 is 5.77.